The molecule has 0 aliphatic carbocycles. The molecule has 5 nitrogen and oxygen atoms in total. The Kier molecular flexibility index (Phi) is 6.53. The van der Waals surface area contributed by atoms with Crippen LogP contribution in [0.1, 0.15) is 12.5 Å². The van der Waals surface area contributed by atoms with E-state index in [1.807, 2.05) is 60.7 Å². The Hall–Kier alpha value is -3.73. The van der Waals surface area contributed by atoms with E-state index >= 15 is 0 Å². The summed E-state index contributed by atoms with van der Waals surface area (Å²) in [4.78, 5) is 12.2. The van der Waals surface area contributed by atoms with Gasteiger partial charge in [0.05, 0.1) is 14.2 Å². The molecule has 0 spiro atoms. The maximum absolute atomic E-state index is 12.2. The van der Waals surface area contributed by atoms with Gasteiger partial charge in [-0.05, 0) is 61.0 Å². The second kappa shape index (κ2) is 9.46. The molecule has 5 heteroatoms. The molecule has 0 heterocycles. The Labute approximate surface area is 170 Å². The Morgan fingerprint density at radius 2 is 1.48 bits per heavy atom. The highest BCUT2D eigenvalue weighted by Crippen LogP contribution is 2.31. The molecule has 0 bridgehead atoms. The number of ether oxygens (including phenoxy) is 3. The normalized spacial score (nSPS) is 10.9. The molecule has 0 saturated heterocycles. The third-order valence-corrected chi connectivity index (χ3v) is 4.29. The van der Waals surface area contributed by atoms with Crippen molar-refractivity contribution >= 4 is 17.0 Å². The van der Waals surface area contributed by atoms with Crippen LogP contribution in [0.3, 0.4) is 0 Å². The van der Waals surface area contributed by atoms with Crippen molar-refractivity contribution in [1.29, 1.82) is 0 Å². The van der Waals surface area contributed by atoms with E-state index in [9.17, 15) is 4.79 Å². The zero-order valence-corrected chi connectivity index (χ0v) is 16.6. The second-order valence-corrected chi connectivity index (χ2v) is 6.27. The topological polar surface area (TPSA) is 56.8 Å². The number of carbonyl (C=O) groups is 1. The molecular formula is C24H23NO4. The van der Waals surface area contributed by atoms with E-state index in [4.69, 9.17) is 14.2 Å². The molecule has 29 heavy (non-hydrogen) atoms. The first kappa shape index (κ1) is 20.0. The second-order valence-electron chi connectivity index (χ2n) is 6.27. The van der Waals surface area contributed by atoms with Crippen LogP contribution in [0.15, 0.2) is 79.0 Å². The molecule has 0 unspecified atom stereocenters. The minimum atomic E-state index is -0.0613. The minimum absolute atomic E-state index is 0.0613. The van der Waals surface area contributed by atoms with Gasteiger partial charge in [-0.3, -0.25) is 4.79 Å². The van der Waals surface area contributed by atoms with Gasteiger partial charge in [-0.15, -0.1) is 0 Å². The maximum atomic E-state index is 12.2. The molecule has 0 amide bonds. The number of para-hydroxylation sites is 1. The zero-order valence-electron chi connectivity index (χ0n) is 16.6. The van der Waals surface area contributed by atoms with E-state index in [1.165, 1.54) is 6.92 Å². The molecule has 0 aliphatic heterocycles. The first-order valence-corrected chi connectivity index (χ1v) is 9.13. The first-order valence-electron chi connectivity index (χ1n) is 9.13. The van der Waals surface area contributed by atoms with Crippen molar-refractivity contribution in [3.8, 4) is 23.0 Å². The van der Waals surface area contributed by atoms with Crippen LogP contribution < -0.4 is 19.5 Å². The lowest BCUT2D eigenvalue weighted by Gasteiger charge is -2.11. The number of ketones is 1. The number of nitrogens with one attached hydrogen (secondary N) is 1. The third kappa shape index (κ3) is 5.17. The smallest absolute Gasteiger partial charge is 0.161 e. The predicted molar refractivity (Wildman–Crippen MR) is 115 cm³/mol. The standard InChI is InChI=1S/C24H23NO4/c1-17(26)22(18-9-14-23(27-2)24(15-18)28-3)16-25-19-10-12-21(13-11-19)29-20-7-5-4-6-8-20/h4-16,25H,1-3H3/b22-16+. The lowest BCUT2D eigenvalue weighted by atomic mass is 10.0. The molecular weight excluding hydrogens is 366 g/mol. The van der Waals surface area contributed by atoms with Gasteiger partial charge in [-0.1, -0.05) is 24.3 Å². The van der Waals surface area contributed by atoms with E-state index in [1.54, 1.807) is 32.6 Å². The van der Waals surface area contributed by atoms with Crippen molar-refractivity contribution in [2.45, 2.75) is 6.92 Å². The Morgan fingerprint density at radius 3 is 2.10 bits per heavy atom. The summed E-state index contributed by atoms with van der Waals surface area (Å²) in [7, 11) is 3.14. The molecule has 1 N–H and O–H groups in total. The molecule has 148 valence electrons. The number of Topliss-reactive ketones (excluding diaryl/α,β-unsaturated/α-hetero) is 1. The van der Waals surface area contributed by atoms with Crippen LogP contribution in [0.25, 0.3) is 5.57 Å². The van der Waals surface area contributed by atoms with Crippen LogP contribution >= 0.6 is 0 Å². The van der Waals surface area contributed by atoms with Gasteiger partial charge in [0.2, 0.25) is 0 Å². The molecule has 0 atom stereocenters. The van der Waals surface area contributed by atoms with Crippen LogP contribution in [0.4, 0.5) is 5.69 Å². The maximum Gasteiger partial charge on any atom is 0.161 e. The number of rotatable bonds is 8. The van der Waals surface area contributed by atoms with Crippen molar-refractivity contribution in [2.75, 3.05) is 19.5 Å². The SMILES string of the molecule is COc1ccc(/C(=C/Nc2ccc(Oc3ccccc3)cc2)C(C)=O)cc1OC. The zero-order chi connectivity index (χ0) is 20.6. The van der Waals surface area contributed by atoms with Crippen LogP contribution in [0.2, 0.25) is 0 Å². The van der Waals surface area contributed by atoms with Crippen molar-refractivity contribution in [2.24, 2.45) is 0 Å². The summed E-state index contributed by atoms with van der Waals surface area (Å²) in [6.45, 7) is 1.53. The fourth-order valence-corrected chi connectivity index (χ4v) is 2.79. The first-order chi connectivity index (χ1) is 14.1. The Morgan fingerprint density at radius 1 is 0.828 bits per heavy atom. The van der Waals surface area contributed by atoms with E-state index in [0.717, 1.165) is 22.7 Å². The van der Waals surface area contributed by atoms with Crippen molar-refractivity contribution in [3.63, 3.8) is 0 Å². The molecule has 0 aromatic heterocycles. The van der Waals surface area contributed by atoms with Gasteiger partial charge >= 0.3 is 0 Å². The highest BCUT2D eigenvalue weighted by molar-refractivity contribution is 6.19. The highest BCUT2D eigenvalue weighted by Gasteiger charge is 2.11. The van der Waals surface area contributed by atoms with E-state index in [2.05, 4.69) is 5.32 Å². The minimum Gasteiger partial charge on any atom is -0.493 e. The molecule has 3 aromatic carbocycles. The largest absolute Gasteiger partial charge is 0.493 e. The van der Waals surface area contributed by atoms with Gasteiger partial charge in [0.1, 0.15) is 11.5 Å². The number of allylic oxidation sites excluding steroid dienone is 1. The number of methoxy groups -OCH3 is 2. The molecule has 0 aliphatic rings. The highest BCUT2D eigenvalue weighted by atomic mass is 16.5. The van der Waals surface area contributed by atoms with Gasteiger partial charge in [0, 0.05) is 17.5 Å². The van der Waals surface area contributed by atoms with Gasteiger partial charge in [0.15, 0.2) is 17.3 Å². The van der Waals surface area contributed by atoms with E-state index in [-0.39, 0.29) is 5.78 Å². The molecule has 3 rings (SSSR count). The Balaban J connectivity index is 1.76. The van der Waals surface area contributed by atoms with Gasteiger partial charge in [0.25, 0.3) is 0 Å². The van der Waals surface area contributed by atoms with Gasteiger partial charge in [-0.25, -0.2) is 0 Å². The number of benzene rings is 3. The quantitative estimate of drug-likeness (QED) is 0.513. The summed E-state index contributed by atoms with van der Waals surface area (Å²) in [5, 5.41) is 3.17. The monoisotopic (exact) mass is 389 g/mol. The summed E-state index contributed by atoms with van der Waals surface area (Å²) in [6, 6.07) is 22.5. The van der Waals surface area contributed by atoms with Crippen LogP contribution in [-0.4, -0.2) is 20.0 Å². The summed E-state index contributed by atoms with van der Waals surface area (Å²) >= 11 is 0. The number of hydrogen-bond acceptors (Lipinski definition) is 5. The van der Waals surface area contributed by atoms with Crippen LogP contribution in [0.5, 0.6) is 23.0 Å². The van der Waals surface area contributed by atoms with Crippen molar-refractivity contribution < 1.29 is 19.0 Å². The Bertz CT molecular complexity index is 995. The lowest BCUT2D eigenvalue weighted by molar-refractivity contribution is -0.111. The summed E-state index contributed by atoms with van der Waals surface area (Å²) in [5.41, 5.74) is 2.12. The fourth-order valence-electron chi connectivity index (χ4n) is 2.79. The number of hydrogen-bond donors (Lipinski definition) is 1. The van der Waals surface area contributed by atoms with E-state index in [0.29, 0.717) is 17.1 Å². The number of anilines is 1. The van der Waals surface area contributed by atoms with Gasteiger partial charge in [-0.2, -0.15) is 0 Å². The van der Waals surface area contributed by atoms with Gasteiger partial charge < -0.3 is 19.5 Å². The molecule has 0 radical (unpaired) electrons. The molecule has 3 aromatic rings. The summed E-state index contributed by atoms with van der Waals surface area (Å²) in [5.74, 6) is 2.63. The third-order valence-electron chi connectivity index (χ3n) is 4.29. The lowest BCUT2D eigenvalue weighted by Crippen LogP contribution is -2.01. The van der Waals surface area contributed by atoms with Crippen molar-refractivity contribution in [1.82, 2.24) is 0 Å². The van der Waals surface area contributed by atoms with Crippen LogP contribution in [-0.2, 0) is 4.79 Å². The summed E-state index contributed by atoms with van der Waals surface area (Å²) < 4.78 is 16.4. The average Bonchev–Trinajstić information content (AvgIpc) is 2.75. The summed E-state index contributed by atoms with van der Waals surface area (Å²) in [6.07, 6.45) is 1.69. The van der Waals surface area contributed by atoms with Crippen LogP contribution in [0, 0.1) is 0 Å². The van der Waals surface area contributed by atoms with Crippen molar-refractivity contribution in [3.05, 3.63) is 84.6 Å². The molecule has 0 fully saturated rings. The molecule has 0 saturated carbocycles. The fraction of sp³-hybridized carbons (Fsp3) is 0.125. The van der Waals surface area contributed by atoms with E-state index < -0.39 is 0 Å². The average molecular weight is 389 g/mol. The number of carbonyl (C=O) groups excluding carboxylic acids is 1. The predicted octanol–water partition coefficient (Wildman–Crippen LogP) is 5.54.